The zero-order valence-corrected chi connectivity index (χ0v) is 18.9. The summed E-state index contributed by atoms with van der Waals surface area (Å²) in [5, 5.41) is 5.22. The Bertz CT molecular complexity index is 1490. The van der Waals surface area contributed by atoms with Gasteiger partial charge in [-0.3, -0.25) is 14.5 Å². The molecule has 2 aromatic carbocycles. The Balaban J connectivity index is 1.56. The number of rotatable bonds is 6. The van der Waals surface area contributed by atoms with E-state index in [4.69, 9.17) is 13.6 Å². The maximum absolute atomic E-state index is 13.9. The van der Waals surface area contributed by atoms with Crippen molar-refractivity contribution in [3.63, 3.8) is 0 Å². The number of hydrogen-bond acceptors (Lipinski definition) is 5. The first-order valence-electron chi connectivity index (χ1n) is 12.3. The molecule has 5 rings (SSSR count). The molecular weight excluding hydrogens is 456 g/mol. The molecule has 0 radical (unpaired) electrons. The van der Waals surface area contributed by atoms with Crippen LogP contribution in [0.15, 0.2) is 60.9 Å². The monoisotopic (exact) mass is 482 g/mol. The average molecular weight is 483 g/mol. The van der Waals surface area contributed by atoms with Gasteiger partial charge in [-0.25, -0.2) is 18.6 Å². The number of aromatic nitrogens is 3. The van der Waals surface area contributed by atoms with Crippen LogP contribution in [-0.4, -0.2) is 40.4 Å². The minimum atomic E-state index is -2.71. The van der Waals surface area contributed by atoms with E-state index in [0.717, 1.165) is 10.9 Å². The van der Waals surface area contributed by atoms with Crippen LogP contribution in [0.5, 0.6) is 11.6 Å². The van der Waals surface area contributed by atoms with E-state index in [9.17, 15) is 13.6 Å². The number of ether oxygens (including phenoxy) is 2. The summed E-state index contributed by atoms with van der Waals surface area (Å²) >= 11 is 0. The van der Waals surface area contributed by atoms with Crippen LogP contribution in [0.2, 0.25) is 0 Å². The Kier molecular flexibility index (Phi) is 4.84. The minimum absolute atomic E-state index is 0.0538. The molecule has 8 nitrogen and oxygen atoms in total. The standard InChI is InChI=1S/C25H23F2N5O3/c1-15(24(26)27)35-23-11-22-17(12-28-23)14-31(19-6-9-21-16(10-19)13-30(2)29-21)25(33)32(22)18-4-7-20(34-3)8-5-18/h4-13,15,24H,14H2,1-3H3/i3D3. The summed E-state index contributed by atoms with van der Waals surface area (Å²) in [6, 6.07) is 12.5. The molecule has 3 heterocycles. The molecule has 0 saturated heterocycles. The number of benzene rings is 2. The lowest BCUT2D eigenvalue weighted by Gasteiger charge is -2.37. The normalized spacial score (nSPS) is 16.0. The van der Waals surface area contributed by atoms with Crippen LogP contribution in [0, 0.1) is 0 Å². The number of nitrogens with zero attached hydrogens (tertiary/aromatic N) is 5. The highest BCUT2D eigenvalue weighted by molar-refractivity contribution is 6.11. The highest BCUT2D eigenvalue weighted by atomic mass is 19.3. The summed E-state index contributed by atoms with van der Waals surface area (Å²) < 4.78 is 60.0. The molecule has 0 aliphatic carbocycles. The van der Waals surface area contributed by atoms with Gasteiger partial charge in [0.25, 0.3) is 6.43 Å². The number of amides is 2. The predicted molar refractivity (Wildman–Crippen MR) is 128 cm³/mol. The van der Waals surface area contributed by atoms with E-state index in [0.29, 0.717) is 22.6 Å². The Morgan fingerprint density at radius 3 is 2.63 bits per heavy atom. The third kappa shape index (κ3) is 4.23. The van der Waals surface area contributed by atoms with E-state index in [-0.39, 0.29) is 18.2 Å². The number of fused-ring (bicyclic) bond motifs is 2. The van der Waals surface area contributed by atoms with Crippen LogP contribution in [0.3, 0.4) is 0 Å². The van der Waals surface area contributed by atoms with E-state index in [1.807, 2.05) is 25.4 Å². The third-order valence-electron chi connectivity index (χ3n) is 5.72. The van der Waals surface area contributed by atoms with Crippen LogP contribution in [0.25, 0.3) is 10.9 Å². The maximum atomic E-state index is 13.9. The van der Waals surface area contributed by atoms with Gasteiger partial charge in [0.05, 0.1) is 34.6 Å². The SMILES string of the molecule is [2H]C([2H])([2H])Oc1ccc(N2C(=O)N(c3ccc4nn(C)cc4c3)Cc3cnc(OC(C)C(F)F)cc32)cc1. The molecule has 35 heavy (non-hydrogen) atoms. The number of carbonyl (C=O) groups is 1. The Morgan fingerprint density at radius 2 is 1.89 bits per heavy atom. The van der Waals surface area contributed by atoms with Gasteiger partial charge in [0.15, 0.2) is 6.10 Å². The molecule has 1 atom stereocenters. The van der Waals surface area contributed by atoms with Gasteiger partial charge in [-0.1, -0.05) is 0 Å². The minimum Gasteiger partial charge on any atom is -0.497 e. The quantitative estimate of drug-likeness (QED) is 0.374. The number of aryl methyl sites for hydroxylation is 1. The molecule has 180 valence electrons. The van der Waals surface area contributed by atoms with Crippen molar-refractivity contribution in [2.24, 2.45) is 7.05 Å². The molecule has 1 aliphatic heterocycles. The van der Waals surface area contributed by atoms with Gasteiger partial charge in [-0.15, -0.1) is 0 Å². The van der Waals surface area contributed by atoms with E-state index in [1.54, 1.807) is 27.8 Å². The third-order valence-corrected chi connectivity index (χ3v) is 5.72. The van der Waals surface area contributed by atoms with Crippen molar-refractivity contribution in [3.05, 3.63) is 66.5 Å². The molecule has 2 aromatic heterocycles. The summed E-state index contributed by atoms with van der Waals surface area (Å²) in [7, 11) is -0.820. The molecule has 0 spiro atoms. The van der Waals surface area contributed by atoms with Crippen molar-refractivity contribution in [1.29, 1.82) is 0 Å². The van der Waals surface area contributed by atoms with Crippen molar-refractivity contribution in [2.75, 3.05) is 16.8 Å². The number of hydrogen-bond donors (Lipinski definition) is 0. The largest absolute Gasteiger partial charge is 0.497 e. The first kappa shape index (κ1) is 19.1. The number of methoxy groups -OCH3 is 1. The molecule has 0 N–H and O–H groups in total. The smallest absolute Gasteiger partial charge is 0.333 e. The van der Waals surface area contributed by atoms with Crippen LogP contribution in [0.4, 0.5) is 30.6 Å². The van der Waals surface area contributed by atoms with Crippen LogP contribution in [0.1, 0.15) is 16.6 Å². The van der Waals surface area contributed by atoms with Crippen molar-refractivity contribution in [3.8, 4) is 11.6 Å². The molecule has 2 amide bonds. The molecular formula is C25H23F2N5O3. The van der Waals surface area contributed by atoms with Crippen LogP contribution in [-0.2, 0) is 13.6 Å². The summed E-state index contributed by atoms with van der Waals surface area (Å²) in [6.07, 6.45) is -0.774. The average Bonchev–Trinajstić information content (AvgIpc) is 3.22. The lowest BCUT2D eigenvalue weighted by molar-refractivity contribution is 0.0201. The molecule has 1 aliphatic rings. The van der Waals surface area contributed by atoms with Crippen LogP contribution < -0.4 is 19.3 Å². The van der Waals surface area contributed by atoms with Gasteiger partial charge < -0.3 is 9.47 Å². The van der Waals surface area contributed by atoms with Crippen LogP contribution >= 0.6 is 0 Å². The van der Waals surface area contributed by atoms with Gasteiger partial charge in [-0.2, -0.15) is 5.10 Å². The van der Waals surface area contributed by atoms with Gasteiger partial charge in [0.1, 0.15) is 5.75 Å². The second-order valence-corrected chi connectivity index (χ2v) is 8.15. The van der Waals surface area contributed by atoms with Gasteiger partial charge in [0, 0.05) is 42.1 Å². The summed E-state index contributed by atoms with van der Waals surface area (Å²) in [5.74, 6) is 0.0451. The first-order valence-corrected chi connectivity index (χ1v) is 10.8. The van der Waals surface area contributed by atoms with Crippen molar-refractivity contribution in [2.45, 2.75) is 26.0 Å². The number of urea groups is 1. The van der Waals surface area contributed by atoms with Crippen molar-refractivity contribution in [1.82, 2.24) is 14.8 Å². The fourth-order valence-electron chi connectivity index (χ4n) is 3.97. The van der Waals surface area contributed by atoms with E-state index < -0.39 is 25.6 Å². The topological polar surface area (TPSA) is 72.7 Å². The van der Waals surface area contributed by atoms with Gasteiger partial charge in [-0.05, 0) is 49.4 Å². The van der Waals surface area contributed by atoms with Crippen molar-refractivity contribution < 1.29 is 27.2 Å². The van der Waals surface area contributed by atoms with Gasteiger partial charge in [0.2, 0.25) is 5.88 Å². The molecule has 10 heteroatoms. The number of halogens is 2. The highest BCUT2D eigenvalue weighted by Gasteiger charge is 2.34. The number of pyridine rings is 1. The van der Waals surface area contributed by atoms with Crippen molar-refractivity contribution >= 4 is 34.0 Å². The predicted octanol–water partition coefficient (Wildman–Crippen LogP) is 5.29. The number of anilines is 3. The Morgan fingerprint density at radius 1 is 1.11 bits per heavy atom. The zero-order valence-electron chi connectivity index (χ0n) is 21.9. The lowest BCUT2D eigenvalue weighted by atomic mass is 10.1. The summed E-state index contributed by atoms with van der Waals surface area (Å²) in [5.41, 5.74) is 2.86. The van der Waals surface area contributed by atoms with Gasteiger partial charge >= 0.3 is 6.03 Å². The summed E-state index contributed by atoms with van der Waals surface area (Å²) in [4.78, 5) is 21.1. The summed E-state index contributed by atoms with van der Waals surface area (Å²) in [6.45, 7) is 1.41. The fraction of sp³-hybridized carbons (Fsp3) is 0.240. The second-order valence-electron chi connectivity index (χ2n) is 8.15. The second kappa shape index (κ2) is 8.86. The molecule has 0 fully saturated rings. The molecule has 1 unspecified atom stereocenters. The van der Waals surface area contributed by atoms with E-state index in [1.165, 1.54) is 36.2 Å². The number of alkyl halides is 2. The highest BCUT2D eigenvalue weighted by Crippen LogP contribution is 2.39. The Hall–Kier alpha value is -4.21. The van der Waals surface area contributed by atoms with E-state index >= 15 is 0 Å². The number of carbonyl (C=O) groups excluding carboxylic acids is 1. The van der Waals surface area contributed by atoms with E-state index in [2.05, 4.69) is 10.1 Å². The lowest BCUT2D eigenvalue weighted by Crippen LogP contribution is -2.45. The Labute approximate surface area is 204 Å². The zero-order chi connectivity index (χ0) is 27.2. The molecule has 0 bridgehead atoms. The molecule has 4 aromatic rings. The molecule has 0 saturated carbocycles. The maximum Gasteiger partial charge on any atom is 0.333 e. The first-order chi connectivity index (χ1) is 18.0. The fourth-order valence-corrected chi connectivity index (χ4v) is 3.97.